The number of rotatable bonds is 1. The summed E-state index contributed by atoms with van der Waals surface area (Å²) in [5.74, 6) is 1.59. The van der Waals surface area contributed by atoms with Gasteiger partial charge in [-0.05, 0) is 83.8 Å². The van der Waals surface area contributed by atoms with E-state index in [4.69, 9.17) is 0 Å². The van der Waals surface area contributed by atoms with Gasteiger partial charge in [-0.15, -0.1) is 0 Å². The van der Waals surface area contributed by atoms with E-state index in [2.05, 4.69) is 70.2 Å². The van der Waals surface area contributed by atoms with Gasteiger partial charge < -0.3 is 0 Å². The van der Waals surface area contributed by atoms with Crippen molar-refractivity contribution in [3.63, 3.8) is 0 Å². The molecule has 4 aliphatic rings. The van der Waals surface area contributed by atoms with Crippen molar-refractivity contribution in [1.82, 2.24) is 0 Å². The fourth-order valence-corrected chi connectivity index (χ4v) is 8.09. The third-order valence-electron chi connectivity index (χ3n) is 9.20. The average Bonchev–Trinajstić information content (AvgIpc) is 2.89. The number of Topliss-reactive ketones (excluding diaryl/α,β-unsaturated/α-hetero) is 1. The molecule has 5 atom stereocenters. The molecule has 5 rings (SSSR count). The summed E-state index contributed by atoms with van der Waals surface area (Å²) in [5.41, 5.74) is 2.97. The molecule has 0 heterocycles. The van der Waals surface area contributed by atoms with Gasteiger partial charge in [0.15, 0.2) is 5.78 Å². The van der Waals surface area contributed by atoms with Gasteiger partial charge in [-0.2, -0.15) is 0 Å². The molecular formula is C27H34O. The van der Waals surface area contributed by atoms with Crippen molar-refractivity contribution in [2.24, 2.45) is 33.5 Å². The van der Waals surface area contributed by atoms with Gasteiger partial charge in [-0.1, -0.05) is 70.2 Å². The van der Waals surface area contributed by atoms with Crippen molar-refractivity contribution in [2.45, 2.75) is 66.2 Å². The number of hydrogen-bond acceptors (Lipinski definition) is 1. The van der Waals surface area contributed by atoms with Gasteiger partial charge in [-0.3, -0.25) is 4.79 Å². The summed E-state index contributed by atoms with van der Waals surface area (Å²) in [6.45, 7) is 9.44. The predicted octanol–water partition coefficient (Wildman–Crippen LogP) is 6.85. The summed E-state index contributed by atoms with van der Waals surface area (Å²) in [7, 11) is 0. The van der Waals surface area contributed by atoms with Crippen molar-refractivity contribution in [3.8, 4) is 0 Å². The molecule has 1 aromatic rings. The van der Waals surface area contributed by atoms with Crippen molar-refractivity contribution in [3.05, 3.63) is 53.6 Å². The number of benzene rings is 1. The van der Waals surface area contributed by atoms with E-state index in [0.29, 0.717) is 28.4 Å². The van der Waals surface area contributed by atoms with Crippen molar-refractivity contribution >= 4 is 11.9 Å². The fourth-order valence-electron chi connectivity index (χ4n) is 8.09. The summed E-state index contributed by atoms with van der Waals surface area (Å²) < 4.78 is 0. The van der Waals surface area contributed by atoms with Crippen LogP contribution in [0.25, 0.3) is 6.08 Å². The van der Waals surface area contributed by atoms with Gasteiger partial charge >= 0.3 is 0 Å². The zero-order valence-corrected chi connectivity index (χ0v) is 17.9. The zero-order valence-electron chi connectivity index (χ0n) is 17.9. The van der Waals surface area contributed by atoms with Crippen LogP contribution in [0.15, 0.2) is 48.1 Å². The van der Waals surface area contributed by atoms with Gasteiger partial charge in [0.25, 0.3) is 0 Å². The summed E-state index contributed by atoms with van der Waals surface area (Å²) in [6, 6.07) is 10.4. The molecule has 2 bridgehead atoms. The summed E-state index contributed by atoms with van der Waals surface area (Å²) in [4.78, 5) is 13.5. The molecule has 0 N–H and O–H groups in total. The Kier molecular flexibility index (Phi) is 3.75. The van der Waals surface area contributed by atoms with E-state index in [1.54, 1.807) is 0 Å². The maximum atomic E-state index is 13.5. The molecule has 3 fully saturated rings. The van der Waals surface area contributed by atoms with Gasteiger partial charge in [-0.25, -0.2) is 0 Å². The van der Waals surface area contributed by atoms with Gasteiger partial charge in [0.1, 0.15) is 0 Å². The lowest BCUT2D eigenvalue weighted by atomic mass is 9.40. The van der Waals surface area contributed by atoms with E-state index in [1.165, 1.54) is 32.1 Å². The van der Waals surface area contributed by atoms with E-state index in [-0.39, 0.29) is 10.8 Å². The third-order valence-corrected chi connectivity index (χ3v) is 9.20. The highest BCUT2D eigenvalue weighted by atomic mass is 16.1. The maximum Gasteiger partial charge on any atom is 0.164 e. The Morgan fingerprint density at radius 2 is 1.64 bits per heavy atom. The van der Waals surface area contributed by atoms with E-state index in [1.807, 2.05) is 6.07 Å². The number of fused-ring (bicyclic) bond motifs is 3. The van der Waals surface area contributed by atoms with Crippen molar-refractivity contribution < 1.29 is 4.79 Å². The Hall–Kier alpha value is -1.63. The van der Waals surface area contributed by atoms with Crippen LogP contribution in [0, 0.1) is 33.5 Å². The normalized spacial score (nSPS) is 45.0. The minimum atomic E-state index is -0.266. The topological polar surface area (TPSA) is 17.1 Å². The molecule has 0 aliphatic heterocycles. The highest BCUT2D eigenvalue weighted by molar-refractivity contribution is 6.04. The van der Waals surface area contributed by atoms with Crippen molar-refractivity contribution in [2.75, 3.05) is 0 Å². The molecular weight excluding hydrogens is 340 g/mol. The van der Waals surface area contributed by atoms with E-state index < -0.39 is 0 Å². The second kappa shape index (κ2) is 5.71. The average molecular weight is 375 g/mol. The second-order valence-electron chi connectivity index (χ2n) is 11.4. The van der Waals surface area contributed by atoms with E-state index >= 15 is 0 Å². The number of hydrogen-bond donors (Lipinski definition) is 0. The number of carbonyl (C=O) groups excluding carboxylic acids is 1. The van der Waals surface area contributed by atoms with Crippen LogP contribution >= 0.6 is 0 Å². The first-order valence-electron chi connectivity index (χ1n) is 11.2. The molecule has 0 amide bonds. The smallest absolute Gasteiger partial charge is 0.164 e. The summed E-state index contributed by atoms with van der Waals surface area (Å²) >= 11 is 0. The first-order valence-corrected chi connectivity index (χ1v) is 11.2. The Balaban J connectivity index is 1.59. The molecule has 0 aromatic heterocycles. The predicted molar refractivity (Wildman–Crippen MR) is 116 cm³/mol. The first kappa shape index (κ1) is 18.4. The van der Waals surface area contributed by atoms with E-state index in [0.717, 1.165) is 17.6 Å². The van der Waals surface area contributed by atoms with Crippen LogP contribution in [0.1, 0.15) is 71.8 Å². The standard InChI is InChI=1S/C27H34O/c1-24(2)21-11-13-27-15-14-25(3,18-27)12-10-22(27)26(21,4)17-20(23(24)28)16-19-8-6-5-7-9-19/h5-9,14-16,21-22H,10-13,17-18H2,1-4H3/t21-,22+,25-,26-,27+/m1/s1. The maximum absolute atomic E-state index is 13.5. The molecule has 148 valence electrons. The molecule has 4 aliphatic carbocycles. The SMILES string of the molecule is CC1(C)C(=O)C(=Cc2ccccc2)C[C@]2(C)[C@@H]1CC[C@@]13C=C[C@@](C)(CC[C@H]12)C3. The van der Waals surface area contributed by atoms with E-state index in [9.17, 15) is 4.79 Å². The minimum absolute atomic E-state index is 0.215. The Morgan fingerprint density at radius 3 is 2.39 bits per heavy atom. The number of carbonyl (C=O) groups is 1. The van der Waals surface area contributed by atoms with Gasteiger partial charge in [0, 0.05) is 5.41 Å². The fraction of sp³-hybridized carbons (Fsp3) is 0.593. The van der Waals surface area contributed by atoms with Crippen LogP contribution in [-0.4, -0.2) is 5.78 Å². The first-order chi connectivity index (χ1) is 13.2. The molecule has 0 saturated heterocycles. The number of ketones is 1. The highest BCUT2D eigenvalue weighted by Crippen LogP contribution is 2.71. The van der Waals surface area contributed by atoms with Crippen molar-refractivity contribution in [1.29, 1.82) is 0 Å². The Labute approximate surface area is 170 Å². The van der Waals surface area contributed by atoms with Crippen LogP contribution < -0.4 is 0 Å². The minimum Gasteiger partial charge on any atom is -0.294 e. The molecule has 1 nitrogen and oxygen atoms in total. The summed E-state index contributed by atoms with van der Waals surface area (Å²) in [6.07, 6.45) is 14.7. The quantitative estimate of drug-likeness (QED) is 0.388. The lowest BCUT2D eigenvalue weighted by Crippen LogP contribution is -2.59. The van der Waals surface area contributed by atoms with Crippen LogP contribution in [0.5, 0.6) is 0 Å². The van der Waals surface area contributed by atoms with Crippen LogP contribution in [0.3, 0.4) is 0 Å². The van der Waals surface area contributed by atoms with Crippen LogP contribution in [-0.2, 0) is 4.79 Å². The molecule has 0 radical (unpaired) electrons. The molecule has 28 heavy (non-hydrogen) atoms. The molecule has 1 heteroatoms. The highest BCUT2D eigenvalue weighted by Gasteiger charge is 2.65. The largest absolute Gasteiger partial charge is 0.294 e. The Morgan fingerprint density at radius 1 is 0.929 bits per heavy atom. The molecule has 0 unspecified atom stereocenters. The Bertz CT molecular complexity index is 875. The summed E-state index contributed by atoms with van der Waals surface area (Å²) in [5, 5.41) is 0. The van der Waals surface area contributed by atoms with Gasteiger partial charge in [0.2, 0.25) is 0 Å². The number of allylic oxidation sites excluding steroid dienone is 3. The lowest BCUT2D eigenvalue weighted by molar-refractivity contribution is -0.154. The third kappa shape index (κ3) is 2.41. The van der Waals surface area contributed by atoms with Crippen LogP contribution in [0.4, 0.5) is 0 Å². The zero-order chi connectivity index (χ0) is 19.8. The molecule has 1 aromatic carbocycles. The molecule has 3 saturated carbocycles. The molecule has 1 spiro atoms. The monoisotopic (exact) mass is 374 g/mol. The van der Waals surface area contributed by atoms with Crippen LogP contribution in [0.2, 0.25) is 0 Å². The van der Waals surface area contributed by atoms with Gasteiger partial charge in [0.05, 0.1) is 0 Å². The second-order valence-corrected chi connectivity index (χ2v) is 11.4. The lowest BCUT2D eigenvalue weighted by Gasteiger charge is -2.64.